The van der Waals surface area contributed by atoms with Gasteiger partial charge in [0.25, 0.3) is 0 Å². The third kappa shape index (κ3) is 2.13. The maximum absolute atomic E-state index is 4.45. The molecule has 0 aliphatic carbocycles. The Morgan fingerprint density at radius 2 is 2.06 bits per heavy atom. The van der Waals surface area contributed by atoms with Gasteiger partial charge in [-0.3, -0.25) is 4.90 Å². The molecule has 2 aromatic heterocycles. The fourth-order valence-electron chi connectivity index (χ4n) is 2.09. The number of nitrogens with one attached hydrogen (secondary N) is 1. The van der Waals surface area contributed by atoms with Crippen molar-refractivity contribution in [2.75, 3.05) is 26.2 Å². The normalized spacial score (nSPS) is 17.7. The molecule has 3 heterocycles. The number of aromatic nitrogens is 4. The lowest BCUT2D eigenvalue weighted by Gasteiger charge is -2.26. The van der Waals surface area contributed by atoms with E-state index in [-0.39, 0.29) is 0 Å². The van der Waals surface area contributed by atoms with Gasteiger partial charge in [-0.25, -0.2) is 0 Å². The van der Waals surface area contributed by atoms with Gasteiger partial charge in [0.2, 0.25) is 0 Å². The molecule has 2 aromatic rings. The van der Waals surface area contributed by atoms with Gasteiger partial charge in [-0.2, -0.15) is 9.61 Å². The van der Waals surface area contributed by atoms with E-state index in [4.69, 9.17) is 0 Å². The van der Waals surface area contributed by atoms with E-state index in [1.54, 1.807) is 0 Å². The molecule has 17 heavy (non-hydrogen) atoms. The summed E-state index contributed by atoms with van der Waals surface area (Å²) in [5.41, 5.74) is 1.81. The van der Waals surface area contributed by atoms with Crippen LogP contribution in [0.3, 0.4) is 0 Å². The third-order valence-electron chi connectivity index (χ3n) is 3.04. The number of fused-ring (bicyclic) bond motifs is 1. The van der Waals surface area contributed by atoms with Crippen LogP contribution in [0.4, 0.5) is 0 Å². The summed E-state index contributed by atoms with van der Waals surface area (Å²) >= 11 is 0. The van der Waals surface area contributed by atoms with E-state index < -0.39 is 0 Å². The van der Waals surface area contributed by atoms with Gasteiger partial charge < -0.3 is 5.32 Å². The average Bonchev–Trinajstić information content (AvgIpc) is 2.73. The number of hydrogen-bond acceptors (Lipinski definition) is 5. The van der Waals surface area contributed by atoms with Crippen molar-refractivity contribution >= 4 is 5.65 Å². The molecule has 3 rings (SSSR count). The van der Waals surface area contributed by atoms with Gasteiger partial charge in [-0.15, -0.1) is 10.2 Å². The van der Waals surface area contributed by atoms with Crippen molar-refractivity contribution in [3.8, 4) is 0 Å². The van der Waals surface area contributed by atoms with Crippen molar-refractivity contribution in [1.29, 1.82) is 0 Å². The first-order valence-corrected chi connectivity index (χ1v) is 5.94. The number of aryl methyl sites for hydroxylation is 1. The zero-order valence-electron chi connectivity index (χ0n) is 9.93. The molecule has 1 fully saturated rings. The molecular weight excluding hydrogens is 216 g/mol. The molecule has 0 spiro atoms. The molecule has 0 radical (unpaired) electrons. The van der Waals surface area contributed by atoms with Crippen molar-refractivity contribution in [2.24, 2.45) is 0 Å². The van der Waals surface area contributed by atoms with Gasteiger partial charge in [0.15, 0.2) is 11.5 Å². The standard InChI is InChI=1S/C11H16N6/c1-9-2-3-10-13-14-11(17(10)15-9)8-16-6-4-12-5-7-16/h2-3,12H,4-8H2,1H3. The Labute approximate surface area is 99.6 Å². The molecule has 1 aliphatic rings. The van der Waals surface area contributed by atoms with E-state index >= 15 is 0 Å². The molecule has 0 saturated carbocycles. The Bertz CT molecular complexity index is 514. The zero-order chi connectivity index (χ0) is 11.7. The first kappa shape index (κ1) is 10.6. The van der Waals surface area contributed by atoms with Crippen LogP contribution in [-0.2, 0) is 6.54 Å². The van der Waals surface area contributed by atoms with Gasteiger partial charge in [-0.05, 0) is 19.1 Å². The van der Waals surface area contributed by atoms with Crippen LogP contribution in [0.5, 0.6) is 0 Å². The number of rotatable bonds is 2. The molecule has 1 aliphatic heterocycles. The Balaban J connectivity index is 1.86. The quantitative estimate of drug-likeness (QED) is 0.779. The summed E-state index contributed by atoms with van der Waals surface area (Å²) < 4.78 is 1.84. The SMILES string of the molecule is Cc1ccc2nnc(CN3CCNCC3)n2n1. The van der Waals surface area contributed by atoms with Crippen molar-refractivity contribution in [3.63, 3.8) is 0 Å². The number of piperazine rings is 1. The third-order valence-corrected chi connectivity index (χ3v) is 3.04. The van der Waals surface area contributed by atoms with Crippen molar-refractivity contribution in [1.82, 2.24) is 30.0 Å². The highest BCUT2D eigenvalue weighted by molar-refractivity contribution is 5.35. The van der Waals surface area contributed by atoms with Crippen LogP contribution in [-0.4, -0.2) is 50.9 Å². The molecule has 6 nitrogen and oxygen atoms in total. The minimum absolute atomic E-state index is 0.819. The number of nitrogens with zero attached hydrogens (tertiary/aromatic N) is 5. The van der Waals surface area contributed by atoms with E-state index in [0.717, 1.165) is 49.9 Å². The van der Waals surface area contributed by atoms with Crippen LogP contribution in [0.1, 0.15) is 11.5 Å². The van der Waals surface area contributed by atoms with Crippen LogP contribution in [0.15, 0.2) is 12.1 Å². The van der Waals surface area contributed by atoms with Crippen LogP contribution in [0.25, 0.3) is 5.65 Å². The molecule has 0 aromatic carbocycles. The van der Waals surface area contributed by atoms with Gasteiger partial charge in [0.1, 0.15) is 0 Å². The fourth-order valence-corrected chi connectivity index (χ4v) is 2.09. The second-order valence-electron chi connectivity index (χ2n) is 4.39. The minimum atomic E-state index is 0.819. The van der Waals surface area contributed by atoms with E-state index in [9.17, 15) is 0 Å². The molecule has 0 bridgehead atoms. The molecule has 1 N–H and O–H groups in total. The molecule has 0 unspecified atom stereocenters. The molecule has 0 amide bonds. The Hall–Kier alpha value is -1.53. The number of hydrogen-bond donors (Lipinski definition) is 1. The maximum atomic E-state index is 4.45. The predicted molar refractivity (Wildman–Crippen MR) is 63.7 cm³/mol. The Kier molecular flexibility index (Phi) is 2.74. The highest BCUT2D eigenvalue weighted by Crippen LogP contribution is 2.06. The van der Waals surface area contributed by atoms with Crippen LogP contribution >= 0.6 is 0 Å². The van der Waals surface area contributed by atoms with Crippen molar-refractivity contribution in [3.05, 3.63) is 23.7 Å². The monoisotopic (exact) mass is 232 g/mol. The summed E-state index contributed by atoms with van der Waals surface area (Å²) in [5, 5.41) is 16.1. The molecule has 6 heteroatoms. The predicted octanol–water partition coefficient (Wildman–Crippen LogP) is -0.162. The van der Waals surface area contributed by atoms with Crippen LogP contribution in [0, 0.1) is 6.92 Å². The average molecular weight is 232 g/mol. The van der Waals surface area contributed by atoms with E-state index in [0.29, 0.717) is 0 Å². The van der Waals surface area contributed by atoms with Gasteiger partial charge in [-0.1, -0.05) is 0 Å². The molecule has 0 atom stereocenters. The molecule has 90 valence electrons. The second kappa shape index (κ2) is 4.38. The lowest BCUT2D eigenvalue weighted by Crippen LogP contribution is -2.43. The highest BCUT2D eigenvalue weighted by Gasteiger charge is 2.14. The molecule has 1 saturated heterocycles. The largest absolute Gasteiger partial charge is 0.314 e. The van der Waals surface area contributed by atoms with Crippen LogP contribution < -0.4 is 5.32 Å². The fraction of sp³-hybridized carbons (Fsp3) is 0.545. The first-order valence-electron chi connectivity index (χ1n) is 5.94. The Morgan fingerprint density at radius 3 is 2.88 bits per heavy atom. The lowest BCUT2D eigenvalue weighted by molar-refractivity contribution is 0.226. The second-order valence-corrected chi connectivity index (χ2v) is 4.39. The summed E-state index contributed by atoms with van der Waals surface area (Å²) in [4.78, 5) is 2.37. The maximum Gasteiger partial charge on any atom is 0.177 e. The van der Waals surface area contributed by atoms with Crippen molar-refractivity contribution in [2.45, 2.75) is 13.5 Å². The van der Waals surface area contributed by atoms with Gasteiger partial charge in [0.05, 0.1) is 12.2 Å². The molecular formula is C11H16N6. The lowest BCUT2D eigenvalue weighted by atomic mass is 10.3. The summed E-state index contributed by atoms with van der Waals surface area (Å²) in [7, 11) is 0. The first-order chi connectivity index (χ1) is 8.33. The van der Waals surface area contributed by atoms with E-state index in [2.05, 4.69) is 25.5 Å². The summed E-state index contributed by atoms with van der Waals surface area (Å²) in [6, 6.07) is 3.91. The minimum Gasteiger partial charge on any atom is -0.314 e. The highest BCUT2D eigenvalue weighted by atomic mass is 15.4. The zero-order valence-corrected chi connectivity index (χ0v) is 9.93. The topological polar surface area (TPSA) is 58.4 Å². The van der Waals surface area contributed by atoms with E-state index in [1.807, 2.05) is 23.6 Å². The van der Waals surface area contributed by atoms with Gasteiger partial charge >= 0.3 is 0 Å². The Morgan fingerprint density at radius 1 is 1.24 bits per heavy atom. The summed E-state index contributed by atoms with van der Waals surface area (Å²) in [6.07, 6.45) is 0. The summed E-state index contributed by atoms with van der Waals surface area (Å²) in [5.74, 6) is 0.922. The van der Waals surface area contributed by atoms with Gasteiger partial charge in [0, 0.05) is 26.2 Å². The summed E-state index contributed by atoms with van der Waals surface area (Å²) in [6.45, 7) is 7.00. The van der Waals surface area contributed by atoms with Crippen LogP contribution in [0.2, 0.25) is 0 Å². The van der Waals surface area contributed by atoms with Crippen molar-refractivity contribution < 1.29 is 0 Å². The van der Waals surface area contributed by atoms with E-state index in [1.165, 1.54) is 0 Å². The smallest absolute Gasteiger partial charge is 0.177 e.